The van der Waals surface area contributed by atoms with Crippen LogP contribution in [0.25, 0.3) is 0 Å². The first-order valence-electron chi connectivity index (χ1n) is 8.78. The second-order valence-corrected chi connectivity index (χ2v) is 7.74. The molecule has 2 aromatic rings. The SMILES string of the molecule is O=C(Nc1cccnc1)[C@H]1CN(C(=O)c2ccsc2)CC12CCOCC2. The number of likely N-dealkylation sites (tertiary alicyclic amines) is 1. The van der Waals surface area contributed by atoms with Gasteiger partial charge in [0.25, 0.3) is 5.91 Å². The number of pyridine rings is 1. The second kappa shape index (κ2) is 7.17. The molecular weight excluding hydrogens is 350 g/mol. The third kappa shape index (κ3) is 3.24. The molecule has 2 aliphatic heterocycles. The van der Waals surface area contributed by atoms with Crippen LogP contribution in [0.5, 0.6) is 0 Å². The predicted octanol–water partition coefficient (Wildman–Crippen LogP) is 2.65. The van der Waals surface area contributed by atoms with E-state index in [1.165, 1.54) is 11.3 Å². The summed E-state index contributed by atoms with van der Waals surface area (Å²) in [6.45, 7) is 2.32. The van der Waals surface area contributed by atoms with Gasteiger partial charge in [0.15, 0.2) is 0 Å². The van der Waals surface area contributed by atoms with Crippen molar-refractivity contribution >= 4 is 28.8 Å². The third-order valence-corrected chi connectivity index (χ3v) is 6.12. The molecule has 2 aromatic heterocycles. The molecular formula is C19H21N3O3S. The Morgan fingerprint density at radius 3 is 2.85 bits per heavy atom. The Kier molecular flexibility index (Phi) is 4.74. The molecule has 0 aliphatic carbocycles. The summed E-state index contributed by atoms with van der Waals surface area (Å²) in [5, 5.41) is 6.74. The van der Waals surface area contributed by atoms with Gasteiger partial charge in [-0.1, -0.05) is 0 Å². The highest BCUT2D eigenvalue weighted by Gasteiger charge is 2.51. The van der Waals surface area contributed by atoms with Crippen molar-refractivity contribution < 1.29 is 14.3 Å². The molecule has 0 unspecified atom stereocenters. The van der Waals surface area contributed by atoms with Crippen LogP contribution < -0.4 is 5.32 Å². The van der Waals surface area contributed by atoms with Crippen LogP contribution >= 0.6 is 11.3 Å². The number of carbonyl (C=O) groups is 2. The number of nitrogens with zero attached hydrogens (tertiary/aromatic N) is 2. The molecule has 0 aromatic carbocycles. The number of rotatable bonds is 3. The summed E-state index contributed by atoms with van der Waals surface area (Å²) >= 11 is 1.51. The molecule has 136 valence electrons. The van der Waals surface area contributed by atoms with E-state index in [0.717, 1.165) is 12.8 Å². The number of amides is 2. The van der Waals surface area contributed by atoms with Gasteiger partial charge in [0, 0.05) is 43.3 Å². The molecule has 1 spiro atoms. The van der Waals surface area contributed by atoms with Crippen LogP contribution in [-0.4, -0.2) is 48.0 Å². The zero-order valence-electron chi connectivity index (χ0n) is 14.4. The second-order valence-electron chi connectivity index (χ2n) is 6.96. The van der Waals surface area contributed by atoms with Gasteiger partial charge in [-0.25, -0.2) is 0 Å². The van der Waals surface area contributed by atoms with E-state index < -0.39 is 0 Å². The van der Waals surface area contributed by atoms with Crippen molar-refractivity contribution in [1.82, 2.24) is 9.88 Å². The average Bonchev–Trinajstić information content (AvgIpc) is 3.31. The van der Waals surface area contributed by atoms with E-state index in [1.807, 2.05) is 27.8 Å². The number of hydrogen-bond donors (Lipinski definition) is 1. The Hall–Kier alpha value is -2.25. The van der Waals surface area contributed by atoms with Gasteiger partial charge in [0.05, 0.1) is 23.4 Å². The Morgan fingerprint density at radius 2 is 2.15 bits per heavy atom. The normalized spacial score (nSPS) is 21.7. The lowest BCUT2D eigenvalue weighted by Crippen LogP contribution is -2.42. The van der Waals surface area contributed by atoms with E-state index in [4.69, 9.17) is 4.74 Å². The first-order chi connectivity index (χ1) is 12.7. The van der Waals surface area contributed by atoms with Crippen LogP contribution in [0, 0.1) is 11.3 Å². The summed E-state index contributed by atoms with van der Waals surface area (Å²) in [5.74, 6) is -0.275. The zero-order chi connectivity index (χ0) is 18.0. The number of nitrogens with one attached hydrogen (secondary N) is 1. The van der Waals surface area contributed by atoms with Crippen LogP contribution in [0.15, 0.2) is 41.4 Å². The van der Waals surface area contributed by atoms with Crippen molar-refractivity contribution in [1.29, 1.82) is 0 Å². The molecule has 0 saturated carbocycles. The Balaban J connectivity index is 1.56. The van der Waals surface area contributed by atoms with Gasteiger partial charge >= 0.3 is 0 Å². The molecule has 2 amide bonds. The first-order valence-corrected chi connectivity index (χ1v) is 9.72. The number of ether oxygens (including phenoxy) is 1. The third-order valence-electron chi connectivity index (χ3n) is 5.44. The van der Waals surface area contributed by atoms with Crippen LogP contribution in [0.2, 0.25) is 0 Å². The van der Waals surface area contributed by atoms with Crippen LogP contribution in [-0.2, 0) is 9.53 Å². The largest absolute Gasteiger partial charge is 0.381 e. The number of carbonyl (C=O) groups excluding carboxylic acids is 2. The van der Waals surface area contributed by atoms with Crippen molar-refractivity contribution in [3.63, 3.8) is 0 Å². The molecule has 6 nitrogen and oxygen atoms in total. The monoisotopic (exact) mass is 371 g/mol. The molecule has 2 aliphatic rings. The summed E-state index contributed by atoms with van der Waals surface area (Å²) in [5.41, 5.74) is 1.17. The quantitative estimate of drug-likeness (QED) is 0.900. The van der Waals surface area contributed by atoms with Gasteiger partial charge in [-0.15, -0.1) is 0 Å². The molecule has 0 radical (unpaired) electrons. The van der Waals surface area contributed by atoms with Crippen molar-refractivity contribution in [3.05, 3.63) is 46.9 Å². The van der Waals surface area contributed by atoms with Gasteiger partial charge in [0.2, 0.25) is 5.91 Å². The maximum Gasteiger partial charge on any atom is 0.254 e. The smallest absolute Gasteiger partial charge is 0.254 e. The molecule has 4 rings (SSSR count). The standard InChI is InChI=1S/C19H21N3O3S/c23-17(21-15-2-1-6-20-10-15)16-11-22(18(24)14-3-9-26-12-14)13-19(16)4-7-25-8-5-19/h1-3,6,9-10,12,16H,4-5,7-8,11,13H2,(H,21,23)/t16-/m1/s1. The lowest BCUT2D eigenvalue weighted by molar-refractivity contribution is -0.124. The van der Waals surface area contributed by atoms with Crippen LogP contribution in [0.4, 0.5) is 5.69 Å². The summed E-state index contributed by atoms with van der Waals surface area (Å²) in [4.78, 5) is 31.7. The highest BCUT2D eigenvalue weighted by atomic mass is 32.1. The molecule has 2 fully saturated rings. The first kappa shape index (κ1) is 17.2. The molecule has 7 heteroatoms. The maximum absolute atomic E-state index is 13.0. The summed E-state index contributed by atoms with van der Waals surface area (Å²) in [7, 11) is 0. The highest BCUT2D eigenvalue weighted by molar-refractivity contribution is 7.08. The van der Waals surface area contributed by atoms with E-state index >= 15 is 0 Å². The van der Waals surface area contributed by atoms with E-state index in [1.54, 1.807) is 18.5 Å². The number of aromatic nitrogens is 1. The number of hydrogen-bond acceptors (Lipinski definition) is 5. The summed E-state index contributed by atoms with van der Waals surface area (Å²) in [6.07, 6.45) is 4.90. The van der Waals surface area contributed by atoms with Crippen molar-refractivity contribution in [2.24, 2.45) is 11.3 Å². The minimum atomic E-state index is -0.241. The summed E-state index contributed by atoms with van der Waals surface area (Å²) < 4.78 is 5.53. The van der Waals surface area contributed by atoms with Crippen molar-refractivity contribution in [3.8, 4) is 0 Å². The van der Waals surface area contributed by atoms with E-state index in [9.17, 15) is 9.59 Å². The average molecular weight is 371 g/mol. The minimum absolute atomic E-state index is 0.00814. The van der Waals surface area contributed by atoms with Gasteiger partial charge in [-0.2, -0.15) is 11.3 Å². The minimum Gasteiger partial charge on any atom is -0.381 e. The Morgan fingerprint density at radius 1 is 1.31 bits per heavy atom. The van der Waals surface area contributed by atoms with Gasteiger partial charge < -0.3 is 15.0 Å². The van der Waals surface area contributed by atoms with E-state index in [0.29, 0.717) is 37.6 Å². The van der Waals surface area contributed by atoms with Crippen molar-refractivity contribution in [2.75, 3.05) is 31.6 Å². The fraction of sp³-hybridized carbons (Fsp3) is 0.421. The van der Waals surface area contributed by atoms with Gasteiger partial charge in [0.1, 0.15) is 0 Å². The topological polar surface area (TPSA) is 71.5 Å². The number of thiophene rings is 1. The summed E-state index contributed by atoms with van der Waals surface area (Å²) in [6, 6.07) is 5.46. The van der Waals surface area contributed by atoms with Crippen LogP contribution in [0.1, 0.15) is 23.2 Å². The molecule has 1 atom stereocenters. The molecule has 26 heavy (non-hydrogen) atoms. The van der Waals surface area contributed by atoms with Gasteiger partial charge in [-0.3, -0.25) is 14.6 Å². The Labute approximate surface area is 156 Å². The molecule has 1 N–H and O–H groups in total. The molecule has 2 saturated heterocycles. The predicted molar refractivity (Wildman–Crippen MR) is 99.1 cm³/mol. The maximum atomic E-state index is 13.0. The zero-order valence-corrected chi connectivity index (χ0v) is 15.2. The Bertz CT molecular complexity index is 773. The molecule has 4 heterocycles. The van der Waals surface area contributed by atoms with Gasteiger partial charge in [-0.05, 0) is 36.4 Å². The fourth-order valence-corrected chi connectivity index (χ4v) is 4.63. The van der Waals surface area contributed by atoms with E-state index in [2.05, 4.69) is 10.3 Å². The lowest BCUT2D eigenvalue weighted by Gasteiger charge is -2.37. The van der Waals surface area contributed by atoms with Crippen LogP contribution in [0.3, 0.4) is 0 Å². The number of anilines is 1. The van der Waals surface area contributed by atoms with Crippen molar-refractivity contribution in [2.45, 2.75) is 12.8 Å². The highest BCUT2D eigenvalue weighted by Crippen LogP contribution is 2.45. The lowest BCUT2D eigenvalue weighted by atomic mass is 9.71. The fourth-order valence-electron chi connectivity index (χ4n) is 4.00. The molecule has 0 bridgehead atoms. The van der Waals surface area contributed by atoms with E-state index in [-0.39, 0.29) is 23.1 Å².